The molecule has 98 valence electrons. The molecule has 0 unspecified atom stereocenters. The zero-order valence-corrected chi connectivity index (χ0v) is 12.3. The molecule has 2 aromatic rings. The quantitative estimate of drug-likeness (QED) is 0.659. The Morgan fingerprint density at radius 2 is 2.00 bits per heavy atom. The average Bonchev–Trinajstić information content (AvgIpc) is 2.37. The number of amides is 1. The standard InChI is InChI=1S/C14H14BrN3O/c1-8-3-4-10(6-12(8)16)14(19)18-11-5-9(2)13(15)17-7-11/h3-7H,16H2,1-2H3,(H,18,19). The van der Waals surface area contributed by atoms with E-state index in [1.54, 1.807) is 18.3 Å². The highest BCUT2D eigenvalue weighted by atomic mass is 79.9. The van der Waals surface area contributed by atoms with Gasteiger partial charge in [0.15, 0.2) is 0 Å². The van der Waals surface area contributed by atoms with Crippen LogP contribution < -0.4 is 11.1 Å². The second-order valence-electron chi connectivity index (χ2n) is 4.36. The predicted octanol–water partition coefficient (Wildman–Crippen LogP) is 3.30. The summed E-state index contributed by atoms with van der Waals surface area (Å²) < 4.78 is 0.769. The number of benzene rings is 1. The molecule has 0 radical (unpaired) electrons. The first-order valence-corrected chi connectivity index (χ1v) is 6.56. The van der Waals surface area contributed by atoms with Crippen LogP contribution in [-0.4, -0.2) is 10.9 Å². The van der Waals surface area contributed by atoms with Crippen LogP contribution in [0.4, 0.5) is 11.4 Å². The van der Waals surface area contributed by atoms with Crippen molar-refractivity contribution in [3.63, 3.8) is 0 Å². The first-order valence-electron chi connectivity index (χ1n) is 5.77. The number of anilines is 2. The molecular weight excluding hydrogens is 306 g/mol. The zero-order valence-electron chi connectivity index (χ0n) is 10.7. The fourth-order valence-corrected chi connectivity index (χ4v) is 1.83. The molecule has 4 nitrogen and oxygen atoms in total. The minimum atomic E-state index is -0.199. The van der Waals surface area contributed by atoms with Crippen molar-refractivity contribution in [3.8, 4) is 0 Å². The molecular formula is C14H14BrN3O. The topological polar surface area (TPSA) is 68.0 Å². The summed E-state index contributed by atoms with van der Waals surface area (Å²) in [6.45, 7) is 3.82. The van der Waals surface area contributed by atoms with E-state index in [0.29, 0.717) is 16.9 Å². The smallest absolute Gasteiger partial charge is 0.255 e. The van der Waals surface area contributed by atoms with Crippen LogP contribution in [0.2, 0.25) is 0 Å². The van der Waals surface area contributed by atoms with E-state index in [4.69, 9.17) is 5.73 Å². The molecule has 2 rings (SSSR count). The molecule has 0 saturated carbocycles. The Bertz CT molecular complexity index is 641. The Labute approximate surface area is 120 Å². The molecule has 3 N–H and O–H groups in total. The molecule has 1 aromatic carbocycles. The van der Waals surface area contributed by atoms with Gasteiger partial charge in [-0.2, -0.15) is 0 Å². The highest BCUT2D eigenvalue weighted by molar-refractivity contribution is 9.10. The van der Waals surface area contributed by atoms with Crippen LogP contribution in [0.3, 0.4) is 0 Å². The fraction of sp³-hybridized carbons (Fsp3) is 0.143. The molecule has 0 aliphatic carbocycles. The molecule has 19 heavy (non-hydrogen) atoms. The molecule has 1 aromatic heterocycles. The van der Waals surface area contributed by atoms with Gasteiger partial charge >= 0.3 is 0 Å². The number of rotatable bonds is 2. The monoisotopic (exact) mass is 319 g/mol. The summed E-state index contributed by atoms with van der Waals surface area (Å²) in [5.41, 5.74) is 9.51. The predicted molar refractivity (Wildman–Crippen MR) is 80.2 cm³/mol. The molecule has 0 saturated heterocycles. The molecule has 0 bridgehead atoms. The Morgan fingerprint density at radius 3 is 2.63 bits per heavy atom. The maximum atomic E-state index is 12.1. The summed E-state index contributed by atoms with van der Waals surface area (Å²) in [5.74, 6) is -0.199. The number of carbonyl (C=O) groups excluding carboxylic acids is 1. The van der Waals surface area contributed by atoms with Crippen molar-refractivity contribution in [3.05, 3.63) is 51.8 Å². The molecule has 1 amide bonds. The largest absolute Gasteiger partial charge is 0.398 e. The number of nitrogens with one attached hydrogen (secondary N) is 1. The highest BCUT2D eigenvalue weighted by Gasteiger charge is 2.08. The van der Waals surface area contributed by atoms with Crippen LogP contribution in [0.15, 0.2) is 35.1 Å². The molecule has 0 fully saturated rings. The van der Waals surface area contributed by atoms with Gasteiger partial charge < -0.3 is 11.1 Å². The molecule has 0 aliphatic heterocycles. The lowest BCUT2D eigenvalue weighted by Crippen LogP contribution is -2.12. The van der Waals surface area contributed by atoms with Gasteiger partial charge in [0.1, 0.15) is 4.60 Å². The lowest BCUT2D eigenvalue weighted by Gasteiger charge is -2.08. The Hall–Kier alpha value is -1.88. The second kappa shape index (κ2) is 5.40. The fourth-order valence-electron chi connectivity index (χ4n) is 1.61. The molecule has 0 aliphatic rings. The normalized spacial score (nSPS) is 10.3. The SMILES string of the molecule is Cc1ccc(C(=O)Nc2cnc(Br)c(C)c2)cc1N. The van der Waals surface area contributed by atoms with Crippen LogP contribution in [0.25, 0.3) is 0 Å². The van der Waals surface area contributed by atoms with Crippen LogP contribution in [-0.2, 0) is 0 Å². The van der Waals surface area contributed by atoms with Crippen molar-refractivity contribution >= 4 is 33.2 Å². The van der Waals surface area contributed by atoms with Crippen molar-refractivity contribution in [1.82, 2.24) is 4.98 Å². The van der Waals surface area contributed by atoms with Crippen molar-refractivity contribution in [2.24, 2.45) is 0 Å². The number of carbonyl (C=O) groups is 1. The van der Waals surface area contributed by atoms with Gasteiger partial charge in [-0.05, 0) is 59.1 Å². The van der Waals surface area contributed by atoms with Gasteiger partial charge in [0.2, 0.25) is 0 Å². The molecule has 0 atom stereocenters. The van der Waals surface area contributed by atoms with E-state index in [1.165, 1.54) is 0 Å². The number of halogens is 1. The van der Waals surface area contributed by atoms with E-state index in [0.717, 1.165) is 15.7 Å². The Balaban J connectivity index is 2.20. The lowest BCUT2D eigenvalue weighted by atomic mass is 10.1. The number of nitrogen functional groups attached to an aromatic ring is 1. The van der Waals surface area contributed by atoms with Gasteiger partial charge in [-0.1, -0.05) is 6.07 Å². The highest BCUT2D eigenvalue weighted by Crippen LogP contribution is 2.18. The Morgan fingerprint density at radius 1 is 1.26 bits per heavy atom. The van der Waals surface area contributed by atoms with E-state index in [2.05, 4.69) is 26.2 Å². The minimum absolute atomic E-state index is 0.199. The first-order chi connectivity index (χ1) is 8.97. The van der Waals surface area contributed by atoms with Gasteiger partial charge in [0.25, 0.3) is 5.91 Å². The van der Waals surface area contributed by atoms with E-state index in [1.807, 2.05) is 26.0 Å². The summed E-state index contributed by atoms with van der Waals surface area (Å²) in [5, 5.41) is 2.80. The van der Waals surface area contributed by atoms with Crippen molar-refractivity contribution in [2.45, 2.75) is 13.8 Å². The third kappa shape index (κ3) is 3.12. The van der Waals surface area contributed by atoms with E-state index in [-0.39, 0.29) is 5.91 Å². The van der Waals surface area contributed by atoms with Crippen LogP contribution in [0.5, 0.6) is 0 Å². The van der Waals surface area contributed by atoms with Gasteiger partial charge in [-0.15, -0.1) is 0 Å². The molecule has 0 spiro atoms. The number of aromatic nitrogens is 1. The number of hydrogen-bond donors (Lipinski definition) is 2. The van der Waals surface area contributed by atoms with Crippen molar-refractivity contribution < 1.29 is 4.79 Å². The van der Waals surface area contributed by atoms with Crippen LogP contribution in [0.1, 0.15) is 21.5 Å². The summed E-state index contributed by atoms with van der Waals surface area (Å²) in [6, 6.07) is 7.10. The minimum Gasteiger partial charge on any atom is -0.398 e. The van der Waals surface area contributed by atoms with E-state index in [9.17, 15) is 4.79 Å². The Kier molecular flexibility index (Phi) is 3.85. The third-order valence-corrected chi connectivity index (χ3v) is 3.64. The third-order valence-electron chi connectivity index (χ3n) is 2.81. The van der Waals surface area contributed by atoms with Gasteiger partial charge in [-0.25, -0.2) is 4.98 Å². The van der Waals surface area contributed by atoms with Crippen molar-refractivity contribution in [1.29, 1.82) is 0 Å². The van der Waals surface area contributed by atoms with E-state index >= 15 is 0 Å². The molecule has 1 heterocycles. The maximum Gasteiger partial charge on any atom is 0.255 e. The molecule has 5 heteroatoms. The zero-order chi connectivity index (χ0) is 14.0. The van der Waals surface area contributed by atoms with Crippen molar-refractivity contribution in [2.75, 3.05) is 11.1 Å². The summed E-state index contributed by atoms with van der Waals surface area (Å²) in [6.07, 6.45) is 1.60. The maximum absolute atomic E-state index is 12.1. The summed E-state index contributed by atoms with van der Waals surface area (Å²) in [4.78, 5) is 16.2. The summed E-state index contributed by atoms with van der Waals surface area (Å²) >= 11 is 3.32. The second-order valence-corrected chi connectivity index (χ2v) is 5.11. The number of aryl methyl sites for hydroxylation is 2. The number of nitrogens with zero attached hydrogens (tertiary/aromatic N) is 1. The first kappa shape index (κ1) is 13.5. The lowest BCUT2D eigenvalue weighted by molar-refractivity contribution is 0.102. The van der Waals surface area contributed by atoms with Crippen LogP contribution >= 0.6 is 15.9 Å². The number of hydrogen-bond acceptors (Lipinski definition) is 3. The van der Waals surface area contributed by atoms with Crippen LogP contribution in [0, 0.1) is 13.8 Å². The van der Waals surface area contributed by atoms with Gasteiger partial charge in [-0.3, -0.25) is 4.79 Å². The average molecular weight is 320 g/mol. The number of pyridine rings is 1. The number of nitrogens with two attached hydrogens (primary N) is 1. The van der Waals surface area contributed by atoms with Gasteiger partial charge in [0, 0.05) is 11.3 Å². The van der Waals surface area contributed by atoms with E-state index < -0.39 is 0 Å². The summed E-state index contributed by atoms with van der Waals surface area (Å²) in [7, 11) is 0. The van der Waals surface area contributed by atoms with Gasteiger partial charge in [0.05, 0.1) is 11.9 Å².